The quantitative estimate of drug-likeness (QED) is 0.329. The van der Waals surface area contributed by atoms with E-state index in [-0.39, 0.29) is 11.6 Å². The van der Waals surface area contributed by atoms with E-state index in [0.29, 0.717) is 22.3 Å². The van der Waals surface area contributed by atoms with Gasteiger partial charge in [0.15, 0.2) is 11.6 Å². The Balaban J connectivity index is 1.92. The van der Waals surface area contributed by atoms with Crippen LogP contribution in [0.4, 0.5) is 14.6 Å². The second-order valence-corrected chi connectivity index (χ2v) is 7.48. The second-order valence-electron chi connectivity index (χ2n) is 5.20. The molecule has 2 aromatic carbocycles. The summed E-state index contributed by atoms with van der Waals surface area (Å²) in [4.78, 5) is 8.41. The van der Waals surface area contributed by atoms with Gasteiger partial charge in [0, 0.05) is 10.9 Å². The van der Waals surface area contributed by atoms with Gasteiger partial charge >= 0.3 is 6.61 Å². The average molecular weight is 432 g/mol. The maximum absolute atomic E-state index is 12.5. The molecule has 5 nitrogen and oxygen atoms in total. The number of alkyl halides is 5. The Morgan fingerprint density at radius 2 is 1.74 bits per heavy atom. The van der Waals surface area contributed by atoms with E-state index >= 15 is 0 Å². The Bertz CT molecular complexity index is 980. The molecule has 0 unspecified atom stereocenters. The first-order chi connectivity index (χ1) is 12.8. The lowest BCUT2D eigenvalue weighted by Crippen LogP contribution is -2.09. The number of halogens is 5. The minimum Gasteiger partial charge on any atom is -0.434 e. The summed E-state index contributed by atoms with van der Waals surface area (Å²) in [6.45, 7) is -2.94. The van der Waals surface area contributed by atoms with E-state index in [1.807, 2.05) is 0 Å². The number of aromatic nitrogens is 2. The number of hydrazone groups is 1. The highest BCUT2D eigenvalue weighted by Crippen LogP contribution is 2.37. The molecule has 0 amide bonds. The van der Waals surface area contributed by atoms with Crippen molar-refractivity contribution in [3.63, 3.8) is 0 Å². The zero-order valence-electron chi connectivity index (χ0n) is 13.4. The predicted molar refractivity (Wildman–Crippen MR) is 103 cm³/mol. The van der Waals surface area contributed by atoms with Crippen molar-refractivity contribution in [3.05, 3.63) is 59.9 Å². The fourth-order valence-electron chi connectivity index (χ4n) is 2.24. The molecule has 3 rings (SSSR count). The van der Waals surface area contributed by atoms with E-state index in [4.69, 9.17) is 34.8 Å². The maximum atomic E-state index is 12.5. The summed E-state index contributed by atoms with van der Waals surface area (Å²) in [7, 11) is 0. The molecule has 0 atom stereocenters. The van der Waals surface area contributed by atoms with Crippen LogP contribution in [0.5, 0.6) is 5.75 Å². The number of nitrogens with zero attached hydrogens (tertiary/aromatic N) is 3. The smallest absolute Gasteiger partial charge is 0.387 e. The minimum atomic E-state index is -2.94. The first kappa shape index (κ1) is 19.5. The molecule has 0 aliphatic rings. The van der Waals surface area contributed by atoms with E-state index in [0.717, 1.165) is 0 Å². The standard InChI is InChI=1S/C17H11Cl3F2N4O/c18-17(19,20)15-24-12-7-3-2-6-11(12)14(25-15)26-23-9-10-5-1-4-8-13(10)27-16(21)22/h1-9,16H,(H,24,25,26)/b23-9+. The van der Waals surface area contributed by atoms with Gasteiger partial charge in [-0.3, -0.25) is 5.43 Å². The monoisotopic (exact) mass is 430 g/mol. The van der Waals surface area contributed by atoms with Crippen LogP contribution in [0.1, 0.15) is 11.4 Å². The van der Waals surface area contributed by atoms with Crippen LogP contribution in [-0.4, -0.2) is 22.8 Å². The Morgan fingerprint density at radius 3 is 2.48 bits per heavy atom. The molecule has 0 saturated carbocycles. The molecule has 0 spiro atoms. The Kier molecular flexibility index (Phi) is 5.94. The van der Waals surface area contributed by atoms with Crippen LogP contribution in [0.3, 0.4) is 0 Å². The molecule has 0 fully saturated rings. The lowest BCUT2D eigenvalue weighted by Gasteiger charge is -2.12. The van der Waals surface area contributed by atoms with Gasteiger partial charge in [0.2, 0.25) is 3.79 Å². The summed E-state index contributed by atoms with van der Waals surface area (Å²) in [5.41, 5.74) is 3.63. The highest BCUT2D eigenvalue weighted by atomic mass is 35.6. The summed E-state index contributed by atoms with van der Waals surface area (Å²) in [6.07, 6.45) is 1.32. The first-order valence-electron chi connectivity index (χ1n) is 7.51. The van der Waals surface area contributed by atoms with Crippen molar-refractivity contribution in [2.45, 2.75) is 10.4 Å². The van der Waals surface area contributed by atoms with Crippen molar-refractivity contribution in [2.75, 3.05) is 5.43 Å². The van der Waals surface area contributed by atoms with Gasteiger partial charge in [-0.25, -0.2) is 9.97 Å². The summed E-state index contributed by atoms with van der Waals surface area (Å²) in [5.74, 6) is 0.267. The zero-order valence-corrected chi connectivity index (χ0v) is 15.7. The number of benzene rings is 2. The summed E-state index contributed by atoms with van der Waals surface area (Å²) in [6, 6.07) is 13.3. The molecule has 0 bridgehead atoms. The van der Waals surface area contributed by atoms with E-state index in [1.165, 1.54) is 12.3 Å². The molecular formula is C17H11Cl3F2N4O. The molecule has 1 heterocycles. The third-order valence-electron chi connectivity index (χ3n) is 3.37. The SMILES string of the molecule is FC(F)Oc1ccccc1/C=N/Nc1nc(C(Cl)(Cl)Cl)nc2ccccc12. The normalized spacial score (nSPS) is 12.1. The molecule has 0 saturated heterocycles. The van der Waals surface area contributed by atoms with Gasteiger partial charge in [0.25, 0.3) is 0 Å². The molecule has 3 aromatic rings. The molecule has 0 aliphatic carbocycles. The molecule has 1 aromatic heterocycles. The molecule has 1 N–H and O–H groups in total. The van der Waals surface area contributed by atoms with Gasteiger partial charge in [-0.1, -0.05) is 59.1 Å². The zero-order chi connectivity index (χ0) is 19.4. The van der Waals surface area contributed by atoms with Crippen LogP contribution in [0.2, 0.25) is 0 Å². The third kappa shape index (κ3) is 4.94. The largest absolute Gasteiger partial charge is 0.434 e. The number of fused-ring (bicyclic) bond motifs is 1. The van der Waals surface area contributed by atoms with Crippen LogP contribution >= 0.6 is 34.8 Å². The van der Waals surface area contributed by atoms with Crippen molar-refractivity contribution >= 4 is 57.7 Å². The number of anilines is 1. The van der Waals surface area contributed by atoms with Gasteiger partial charge in [-0.15, -0.1) is 0 Å². The van der Waals surface area contributed by atoms with Crippen LogP contribution in [0.15, 0.2) is 53.6 Å². The second kappa shape index (κ2) is 8.21. The fraction of sp³-hybridized carbons (Fsp3) is 0.118. The van der Waals surface area contributed by atoms with Crippen LogP contribution in [0.25, 0.3) is 10.9 Å². The summed E-state index contributed by atoms with van der Waals surface area (Å²) in [5, 5.41) is 4.68. The fourth-order valence-corrected chi connectivity index (χ4v) is 2.50. The molecule has 140 valence electrons. The number of nitrogens with one attached hydrogen (secondary N) is 1. The number of hydrogen-bond acceptors (Lipinski definition) is 5. The van der Waals surface area contributed by atoms with Gasteiger partial charge in [-0.2, -0.15) is 13.9 Å². The lowest BCUT2D eigenvalue weighted by molar-refractivity contribution is -0.0499. The van der Waals surface area contributed by atoms with Gasteiger partial charge in [-0.05, 0) is 24.3 Å². The molecule has 0 aliphatic heterocycles. The number of hydrogen-bond donors (Lipinski definition) is 1. The van der Waals surface area contributed by atoms with Gasteiger partial charge in [0.1, 0.15) is 5.75 Å². The molecule has 27 heavy (non-hydrogen) atoms. The lowest BCUT2D eigenvalue weighted by atomic mass is 10.2. The predicted octanol–water partition coefficient (Wildman–Crippen LogP) is 5.50. The highest BCUT2D eigenvalue weighted by Gasteiger charge is 2.28. The van der Waals surface area contributed by atoms with Crippen molar-refractivity contribution in [1.82, 2.24) is 9.97 Å². The molecular weight excluding hydrogens is 421 g/mol. The maximum Gasteiger partial charge on any atom is 0.387 e. The van der Waals surface area contributed by atoms with Crippen molar-refractivity contribution in [3.8, 4) is 5.75 Å². The van der Waals surface area contributed by atoms with E-state index in [2.05, 4.69) is 25.2 Å². The number of rotatable bonds is 5. The molecule has 10 heteroatoms. The minimum absolute atomic E-state index is 0.00687. The van der Waals surface area contributed by atoms with Gasteiger partial charge in [0.05, 0.1) is 11.7 Å². The van der Waals surface area contributed by atoms with Gasteiger partial charge < -0.3 is 4.74 Å². The number of ether oxygens (including phenoxy) is 1. The van der Waals surface area contributed by atoms with Crippen molar-refractivity contribution in [1.29, 1.82) is 0 Å². The summed E-state index contributed by atoms with van der Waals surface area (Å²) < 4.78 is 27.6. The van der Waals surface area contributed by atoms with E-state index in [1.54, 1.807) is 42.5 Å². The number of para-hydroxylation sites is 2. The van der Waals surface area contributed by atoms with Crippen LogP contribution in [-0.2, 0) is 3.79 Å². The molecule has 0 radical (unpaired) electrons. The summed E-state index contributed by atoms with van der Waals surface area (Å²) >= 11 is 17.6. The first-order valence-corrected chi connectivity index (χ1v) is 8.65. The average Bonchev–Trinajstić information content (AvgIpc) is 2.61. The topological polar surface area (TPSA) is 59.4 Å². The van der Waals surface area contributed by atoms with Crippen LogP contribution < -0.4 is 10.2 Å². The van der Waals surface area contributed by atoms with Crippen molar-refractivity contribution < 1.29 is 13.5 Å². The Morgan fingerprint density at radius 1 is 1.04 bits per heavy atom. The van der Waals surface area contributed by atoms with Crippen molar-refractivity contribution in [2.24, 2.45) is 5.10 Å². The Labute approximate surface area is 167 Å². The van der Waals surface area contributed by atoms with E-state index < -0.39 is 10.4 Å². The Hall–Kier alpha value is -2.22. The van der Waals surface area contributed by atoms with E-state index in [9.17, 15) is 8.78 Å². The highest BCUT2D eigenvalue weighted by molar-refractivity contribution is 6.66. The van der Waals surface area contributed by atoms with Crippen LogP contribution in [0, 0.1) is 0 Å². The third-order valence-corrected chi connectivity index (χ3v) is 3.87.